The van der Waals surface area contributed by atoms with E-state index in [0.717, 1.165) is 6.61 Å². The Bertz CT molecular complexity index is 1970. The fourth-order valence-corrected chi connectivity index (χ4v) is 22.1. The molecule has 0 amide bonds. The number of benzene rings is 1. The van der Waals surface area contributed by atoms with Gasteiger partial charge in [-0.1, -0.05) is 154 Å². The molecular weight excluding hydrogens is 917 g/mol. The molecule has 0 N–H and O–H groups in total. The van der Waals surface area contributed by atoms with E-state index in [-0.39, 0.29) is 42.1 Å². The van der Waals surface area contributed by atoms with E-state index < -0.39 is 28.9 Å². The first-order valence-electron chi connectivity index (χ1n) is 24.7. The number of unbranched alkanes of at least 4 members (excludes halogenated alkanes) is 3. The Hall–Kier alpha value is -0.900. The van der Waals surface area contributed by atoms with Crippen molar-refractivity contribution >= 4 is 30.8 Å². The van der Waals surface area contributed by atoms with E-state index in [1.165, 1.54) is 63.1 Å². The molecule has 1 aromatic carbocycles. The van der Waals surface area contributed by atoms with Crippen LogP contribution in [0.4, 0.5) is 5.69 Å². The Morgan fingerprint density at radius 1 is 0.641 bits per heavy atom. The fraction of sp³-hybridized carbons (Fsp3) is 0.655. The van der Waals surface area contributed by atoms with Gasteiger partial charge in [0.25, 0.3) is 0 Å². The molecular formula is C58H87Cl2NOSiZr. The SMILES string of the molecule is CN1c2ccccc2C2C1C1C=CC=CC1C2[Si](C)(CCCCCCOC(C)(C)C)C1C2C=C3C(=CC2C2C=C4C(=CC21)C(C)(C)CCC4(C)C)C(C)(C)CCC3(C)C.[CH3-].[CH3-].[Cl][Zr+2][Cl]. The van der Waals surface area contributed by atoms with Crippen molar-refractivity contribution in [3.63, 3.8) is 0 Å². The predicted molar refractivity (Wildman–Crippen MR) is 279 cm³/mol. The molecule has 6 heteroatoms. The molecule has 352 valence electrons. The molecule has 1 aliphatic heterocycles. The van der Waals surface area contributed by atoms with Gasteiger partial charge in [-0.05, 0) is 149 Å². The number of hydrogen-bond donors (Lipinski definition) is 0. The second kappa shape index (κ2) is 19.1. The van der Waals surface area contributed by atoms with Crippen molar-refractivity contribution in [2.75, 3.05) is 18.6 Å². The number of rotatable bonds is 9. The molecule has 0 radical (unpaired) electrons. The molecule has 7 aliphatic carbocycles. The van der Waals surface area contributed by atoms with Crippen LogP contribution in [0.5, 0.6) is 0 Å². The summed E-state index contributed by atoms with van der Waals surface area (Å²) in [6.07, 6.45) is 32.4. The van der Waals surface area contributed by atoms with Gasteiger partial charge < -0.3 is 24.5 Å². The number of para-hydroxylation sites is 1. The third kappa shape index (κ3) is 9.17. The maximum atomic E-state index is 6.22. The number of ether oxygens (including phenoxy) is 1. The van der Waals surface area contributed by atoms with E-state index in [0.29, 0.717) is 58.5 Å². The summed E-state index contributed by atoms with van der Waals surface area (Å²) in [6.45, 7) is 31.1. The molecule has 8 aliphatic rings. The van der Waals surface area contributed by atoms with Crippen molar-refractivity contribution in [2.45, 2.75) is 169 Å². The molecule has 0 aromatic heterocycles. The number of anilines is 1. The van der Waals surface area contributed by atoms with E-state index >= 15 is 0 Å². The molecule has 1 aromatic rings. The number of hydrogen-bond acceptors (Lipinski definition) is 2. The second-order valence-corrected chi connectivity index (χ2v) is 33.6. The molecule has 1 heterocycles. The molecule has 9 rings (SSSR count). The zero-order chi connectivity index (χ0) is 44.8. The predicted octanol–water partition coefficient (Wildman–Crippen LogP) is 17.3. The van der Waals surface area contributed by atoms with Crippen LogP contribution in [0, 0.1) is 72.0 Å². The van der Waals surface area contributed by atoms with Gasteiger partial charge in [-0.3, -0.25) is 0 Å². The first-order chi connectivity index (χ1) is 29.1. The van der Waals surface area contributed by atoms with Gasteiger partial charge in [0.1, 0.15) is 0 Å². The average molecular weight is 1000 g/mol. The van der Waals surface area contributed by atoms with Crippen molar-refractivity contribution in [1.29, 1.82) is 0 Å². The Morgan fingerprint density at radius 3 is 1.56 bits per heavy atom. The van der Waals surface area contributed by atoms with Crippen molar-refractivity contribution in [3.05, 3.63) is 116 Å². The van der Waals surface area contributed by atoms with Gasteiger partial charge in [-0.15, -0.1) is 0 Å². The van der Waals surface area contributed by atoms with Crippen LogP contribution >= 0.6 is 17.0 Å². The van der Waals surface area contributed by atoms with Crippen LogP contribution in [-0.2, 0) is 25.6 Å². The summed E-state index contributed by atoms with van der Waals surface area (Å²) in [6, 6.07) is 11.6. The molecule has 0 spiro atoms. The Kier molecular flexibility index (Phi) is 15.7. The van der Waals surface area contributed by atoms with Crippen LogP contribution in [0.15, 0.2) is 95.2 Å². The van der Waals surface area contributed by atoms with E-state index in [9.17, 15) is 0 Å². The quantitative estimate of drug-likeness (QED) is 0.139. The Labute approximate surface area is 413 Å². The van der Waals surface area contributed by atoms with Crippen molar-refractivity contribution in [3.8, 4) is 0 Å². The summed E-state index contributed by atoms with van der Waals surface area (Å²) in [7, 11) is 10.1. The standard InChI is InChI=1S/C56H81NOSi.2CH3.2ClH.Zr/c1-52(2,3)58-30-20-14-15-21-31-59(13,51-37-23-17-16-22-36(37)49-48(51)38-24-18-19-25-47(38)57(49)12)50-41-34-45-43(53(4,5)26-28-55(45,8)9)32-39(41)40-33-44-46(35-42(40)50)56(10,11)29-27-54(44,6)7;;;;;/h16-19,22-25,32-37,39-42,48-51H,14-15,20-21,26-31H2,1-13H3;2*1H3;2*1H;/q;2*-1;;;+4/p-2. The molecule has 0 bridgehead atoms. The third-order valence-corrected chi connectivity index (χ3v) is 24.4. The summed E-state index contributed by atoms with van der Waals surface area (Å²) in [4.78, 5) is 2.74. The van der Waals surface area contributed by atoms with Gasteiger partial charge in [-0.2, -0.15) is 0 Å². The summed E-state index contributed by atoms with van der Waals surface area (Å²) < 4.78 is 6.22. The number of likely N-dealkylation sites (N-methyl/N-ethyl adjacent to an activating group) is 1. The van der Waals surface area contributed by atoms with Crippen LogP contribution in [0.25, 0.3) is 0 Å². The van der Waals surface area contributed by atoms with Gasteiger partial charge in [0, 0.05) is 37.2 Å². The number of fused-ring (bicyclic) bond motifs is 10. The number of halogens is 2. The summed E-state index contributed by atoms with van der Waals surface area (Å²) in [5.41, 5.74) is 12.3. The van der Waals surface area contributed by atoms with Gasteiger partial charge >= 0.3 is 37.9 Å². The van der Waals surface area contributed by atoms with E-state index in [1.807, 2.05) is 0 Å². The van der Waals surface area contributed by atoms with Crippen LogP contribution in [-0.4, -0.2) is 33.4 Å². The van der Waals surface area contributed by atoms with E-state index in [2.05, 4.69) is 168 Å². The van der Waals surface area contributed by atoms with Crippen LogP contribution in [0.2, 0.25) is 23.7 Å². The molecule has 4 fully saturated rings. The van der Waals surface area contributed by atoms with Crippen LogP contribution in [0.1, 0.15) is 139 Å². The molecule has 0 saturated heterocycles. The zero-order valence-corrected chi connectivity index (χ0v) is 47.9. The summed E-state index contributed by atoms with van der Waals surface area (Å²) in [5.74, 6) is 4.14. The molecule has 2 nitrogen and oxygen atoms in total. The van der Waals surface area contributed by atoms with Crippen molar-refractivity contribution in [1.82, 2.24) is 0 Å². The Morgan fingerprint density at radius 2 is 1.08 bits per heavy atom. The van der Waals surface area contributed by atoms with Crippen LogP contribution in [0.3, 0.4) is 0 Å². The van der Waals surface area contributed by atoms with E-state index in [4.69, 9.17) is 21.8 Å². The zero-order valence-electron chi connectivity index (χ0n) is 42.9. The summed E-state index contributed by atoms with van der Waals surface area (Å²) >= 11 is -0.826. The van der Waals surface area contributed by atoms with Crippen LogP contribution < -0.4 is 4.90 Å². The van der Waals surface area contributed by atoms with E-state index in [1.54, 1.807) is 27.9 Å². The molecule has 4 saturated carbocycles. The van der Waals surface area contributed by atoms with Gasteiger partial charge in [0.2, 0.25) is 0 Å². The van der Waals surface area contributed by atoms with Gasteiger partial charge in [0.05, 0.1) is 13.7 Å². The first kappa shape index (κ1) is 52.5. The third-order valence-electron chi connectivity index (χ3n) is 18.4. The topological polar surface area (TPSA) is 12.5 Å². The first-order valence-corrected chi connectivity index (χ1v) is 33.9. The normalized spacial score (nSPS) is 34.6. The molecule has 64 heavy (non-hydrogen) atoms. The molecule has 10 atom stereocenters. The molecule has 10 unspecified atom stereocenters. The summed E-state index contributed by atoms with van der Waals surface area (Å²) in [5, 5.41) is 0. The number of allylic oxidation sites excluding steroid dienone is 11. The van der Waals surface area contributed by atoms with Crippen molar-refractivity contribution < 1.29 is 25.6 Å². The second-order valence-electron chi connectivity index (χ2n) is 25.0. The van der Waals surface area contributed by atoms with Gasteiger partial charge in [0.15, 0.2) is 0 Å². The minimum absolute atomic E-state index is 0. The van der Waals surface area contributed by atoms with Crippen molar-refractivity contribution in [2.24, 2.45) is 57.2 Å². The fourth-order valence-electron chi connectivity index (χ4n) is 15.2. The minimum atomic E-state index is -2.16. The maximum absolute atomic E-state index is 6.22. The Balaban J connectivity index is 0.00000132. The van der Waals surface area contributed by atoms with Gasteiger partial charge in [-0.25, -0.2) is 0 Å². The number of nitrogens with zero attached hydrogens (tertiary/aromatic N) is 1. The average Bonchev–Trinajstić information content (AvgIpc) is 3.83. The monoisotopic (exact) mass is 1000 g/mol.